The summed E-state index contributed by atoms with van der Waals surface area (Å²) in [5.74, 6) is 0. The number of nitrogens with two attached hydrogens (primary N) is 1. The Morgan fingerprint density at radius 2 is 1.83 bits per heavy atom. The zero-order valence-electron chi connectivity index (χ0n) is 7.89. The van der Waals surface area contributed by atoms with Crippen LogP contribution in [0.5, 0.6) is 0 Å². The van der Waals surface area contributed by atoms with Crippen LogP contribution >= 0.6 is 0 Å². The number of nitrogen functional groups attached to an aromatic ring is 1. The molecule has 0 spiro atoms. The highest BCUT2D eigenvalue weighted by Crippen LogP contribution is 2.24. The van der Waals surface area contributed by atoms with E-state index in [1.54, 1.807) is 0 Å². The largest absolute Gasteiger partial charge is 0.398 e. The van der Waals surface area contributed by atoms with Crippen molar-refractivity contribution in [3.63, 3.8) is 0 Å². The molecule has 0 amide bonds. The molecule has 0 saturated heterocycles. The number of anilines is 1. The SMILES string of the molecule is CNC(C)(C)c1ccccc1N. The summed E-state index contributed by atoms with van der Waals surface area (Å²) in [5, 5.41) is 3.22. The Morgan fingerprint density at radius 1 is 1.25 bits per heavy atom. The van der Waals surface area contributed by atoms with Crippen molar-refractivity contribution in [2.75, 3.05) is 12.8 Å². The molecule has 1 aromatic carbocycles. The molecule has 0 aliphatic carbocycles. The van der Waals surface area contributed by atoms with Gasteiger partial charge in [0.25, 0.3) is 0 Å². The highest BCUT2D eigenvalue weighted by molar-refractivity contribution is 5.49. The molecule has 0 aliphatic rings. The number of hydrogen-bond acceptors (Lipinski definition) is 2. The van der Waals surface area contributed by atoms with Gasteiger partial charge in [0, 0.05) is 11.2 Å². The summed E-state index contributed by atoms with van der Waals surface area (Å²) in [6.07, 6.45) is 0. The molecule has 0 bridgehead atoms. The fraction of sp³-hybridized carbons (Fsp3) is 0.400. The number of para-hydroxylation sites is 1. The molecule has 1 aromatic rings. The van der Waals surface area contributed by atoms with Crippen LogP contribution in [-0.2, 0) is 5.54 Å². The van der Waals surface area contributed by atoms with Crippen LogP contribution in [0.3, 0.4) is 0 Å². The maximum Gasteiger partial charge on any atom is 0.0395 e. The van der Waals surface area contributed by atoms with Crippen LogP contribution in [0.2, 0.25) is 0 Å². The topological polar surface area (TPSA) is 38.0 Å². The van der Waals surface area contributed by atoms with E-state index in [4.69, 9.17) is 5.73 Å². The minimum Gasteiger partial charge on any atom is -0.398 e. The molecule has 2 nitrogen and oxygen atoms in total. The second-order valence-corrected chi connectivity index (χ2v) is 3.46. The zero-order valence-corrected chi connectivity index (χ0v) is 7.89. The first kappa shape index (κ1) is 9.07. The first-order chi connectivity index (χ1) is 5.58. The van der Waals surface area contributed by atoms with Crippen molar-refractivity contribution in [2.24, 2.45) is 0 Å². The molecule has 0 aromatic heterocycles. The van der Waals surface area contributed by atoms with Gasteiger partial charge in [-0.15, -0.1) is 0 Å². The fourth-order valence-corrected chi connectivity index (χ4v) is 1.20. The summed E-state index contributed by atoms with van der Waals surface area (Å²) in [5.41, 5.74) is 7.78. The van der Waals surface area contributed by atoms with Gasteiger partial charge in [-0.05, 0) is 32.5 Å². The van der Waals surface area contributed by atoms with Crippen molar-refractivity contribution in [3.05, 3.63) is 29.8 Å². The molecule has 0 atom stereocenters. The second-order valence-electron chi connectivity index (χ2n) is 3.46. The molecular formula is C10H16N2. The molecule has 1 rings (SSSR count). The molecule has 12 heavy (non-hydrogen) atoms. The predicted octanol–water partition coefficient (Wildman–Crippen LogP) is 1.72. The van der Waals surface area contributed by atoms with Gasteiger partial charge in [-0.1, -0.05) is 18.2 Å². The van der Waals surface area contributed by atoms with Crippen LogP contribution in [-0.4, -0.2) is 7.05 Å². The molecule has 2 heteroatoms. The van der Waals surface area contributed by atoms with Crippen molar-refractivity contribution >= 4 is 5.69 Å². The third-order valence-corrected chi connectivity index (χ3v) is 2.26. The van der Waals surface area contributed by atoms with Crippen LogP contribution in [0.4, 0.5) is 5.69 Å². The number of benzene rings is 1. The van der Waals surface area contributed by atoms with E-state index in [9.17, 15) is 0 Å². The number of nitrogens with one attached hydrogen (secondary N) is 1. The summed E-state index contributed by atoms with van der Waals surface area (Å²) < 4.78 is 0. The van der Waals surface area contributed by atoms with Crippen molar-refractivity contribution in [1.82, 2.24) is 5.32 Å². The lowest BCUT2D eigenvalue weighted by atomic mass is 9.93. The Kier molecular flexibility index (Phi) is 2.38. The first-order valence-electron chi connectivity index (χ1n) is 4.12. The smallest absolute Gasteiger partial charge is 0.0395 e. The van der Waals surface area contributed by atoms with Gasteiger partial charge in [-0.25, -0.2) is 0 Å². The average molecular weight is 164 g/mol. The van der Waals surface area contributed by atoms with Gasteiger partial charge >= 0.3 is 0 Å². The van der Waals surface area contributed by atoms with Crippen LogP contribution in [0.15, 0.2) is 24.3 Å². The van der Waals surface area contributed by atoms with Crippen molar-refractivity contribution in [1.29, 1.82) is 0 Å². The van der Waals surface area contributed by atoms with E-state index in [1.807, 2.05) is 31.3 Å². The van der Waals surface area contributed by atoms with Crippen LogP contribution in [0, 0.1) is 0 Å². The Bertz CT molecular complexity index is 266. The minimum absolute atomic E-state index is 0.0503. The Hall–Kier alpha value is -1.02. The summed E-state index contributed by atoms with van der Waals surface area (Å²) in [7, 11) is 1.94. The van der Waals surface area contributed by atoms with Gasteiger partial charge in [0.1, 0.15) is 0 Å². The molecule has 0 aliphatic heterocycles. The lowest BCUT2D eigenvalue weighted by Gasteiger charge is -2.25. The van der Waals surface area contributed by atoms with Crippen molar-refractivity contribution in [3.8, 4) is 0 Å². The van der Waals surface area contributed by atoms with E-state index in [-0.39, 0.29) is 5.54 Å². The third kappa shape index (κ3) is 1.59. The Balaban J connectivity index is 3.10. The Labute approximate surface area is 73.8 Å². The van der Waals surface area contributed by atoms with Gasteiger partial charge < -0.3 is 11.1 Å². The van der Waals surface area contributed by atoms with Gasteiger partial charge in [-0.2, -0.15) is 0 Å². The number of rotatable bonds is 2. The lowest BCUT2D eigenvalue weighted by molar-refractivity contribution is 0.446. The zero-order chi connectivity index (χ0) is 9.19. The minimum atomic E-state index is -0.0503. The number of hydrogen-bond donors (Lipinski definition) is 2. The van der Waals surface area contributed by atoms with E-state index in [0.29, 0.717) is 0 Å². The summed E-state index contributed by atoms with van der Waals surface area (Å²) in [6.45, 7) is 4.22. The standard InChI is InChI=1S/C10H16N2/c1-10(2,12-3)8-6-4-5-7-9(8)11/h4-7,12H,11H2,1-3H3. The maximum atomic E-state index is 5.84. The van der Waals surface area contributed by atoms with E-state index in [1.165, 1.54) is 0 Å². The Morgan fingerprint density at radius 3 is 2.33 bits per heavy atom. The highest BCUT2D eigenvalue weighted by atomic mass is 14.9. The molecule has 0 unspecified atom stereocenters. The molecule has 66 valence electrons. The molecule has 3 N–H and O–H groups in total. The third-order valence-electron chi connectivity index (χ3n) is 2.26. The van der Waals surface area contributed by atoms with Crippen LogP contribution in [0.25, 0.3) is 0 Å². The van der Waals surface area contributed by atoms with Gasteiger partial charge in [0.05, 0.1) is 0 Å². The average Bonchev–Trinajstić information content (AvgIpc) is 2.05. The first-order valence-corrected chi connectivity index (χ1v) is 4.12. The quantitative estimate of drug-likeness (QED) is 0.653. The highest BCUT2D eigenvalue weighted by Gasteiger charge is 2.19. The fourth-order valence-electron chi connectivity index (χ4n) is 1.20. The molecule has 0 saturated carbocycles. The van der Waals surface area contributed by atoms with Crippen molar-refractivity contribution in [2.45, 2.75) is 19.4 Å². The second kappa shape index (κ2) is 3.15. The van der Waals surface area contributed by atoms with E-state index < -0.39 is 0 Å². The summed E-state index contributed by atoms with van der Waals surface area (Å²) in [4.78, 5) is 0. The molecular weight excluding hydrogens is 148 g/mol. The summed E-state index contributed by atoms with van der Waals surface area (Å²) in [6, 6.07) is 7.93. The van der Waals surface area contributed by atoms with E-state index >= 15 is 0 Å². The van der Waals surface area contributed by atoms with Gasteiger partial charge in [0.15, 0.2) is 0 Å². The van der Waals surface area contributed by atoms with E-state index in [0.717, 1.165) is 11.3 Å². The normalized spacial score (nSPS) is 11.6. The van der Waals surface area contributed by atoms with E-state index in [2.05, 4.69) is 19.2 Å². The molecule has 0 heterocycles. The summed E-state index contributed by atoms with van der Waals surface area (Å²) >= 11 is 0. The maximum absolute atomic E-state index is 5.84. The monoisotopic (exact) mass is 164 g/mol. The predicted molar refractivity (Wildman–Crippen MR) is 52.9 cm³/mol. The molecule has 0 radical (unpaired) electrons. The van der Waals surface area contributed by atoms with Gasteiger partial charge in [0.2, 0.25) is 0 Å². The van der Waals surface area contributed by atoms with Crippen molar-refractivity contribution < 1.29 is 0 Å². The van der Waals surface area contributed by atoms with Gasteiger partial charge in [-0.3, -0.25) is 0 Å². The van der Waals surface area contributed by atoms with Crippen LogP contribution < -0.4 is 11.1 Å². The van der Waals surface area contributed by atoms with Crippen LogP contribution in [0.1, 0.15) is 19.4 Å². The lowest BCUT2D eigenvalue weighted by Crippen LogP contribution is -2.33. The molecule has 0 fully saturated rings.